The van der Waals surface area contributed by atoms with E-state index in [-0.39, 0.29) is 5.91 Å². The van der Waals surface area contributed by atoms with Gasteiger partial charge in [-0.3, -0.25) is 4.79 Å². The van der Waals surface area contributed by atoms with E-state index in [1.165, 1.54) is 6.92 Å². The molecular weight excluding hydrogens is 318 g/mol. The Morgan fingerprint density at radius 1 is 1.04 bits per heavy atom. The molecule has 0 aliphatic rings. The number of rotatable bonds is 4. The molecule has 0 fully saturated rings. The minimum absolute atomic E-state index is 0.101. The maximum absolute atomic E-state index is 11.1. The number of hydrogen-bond acceptors (Lipinski definition) is 6. The third-order valence-electron chi connectivity index (χ3n) is 3.59. The van der Waals surface area contributed by atoms with E-state index in [0.717, 1.165) is 28.3 Å². The molecule has 1 aromatic carbocycles. The quantitative estimate of drug-likeness (QED) is 0.753. The fraction of sp³-hybridized carbons (Fsp3) is 0.222. The average molecular weight is 337 g/mol. The fourth-order valence-corrected chi connectivity index (χ4v) is 2.53. The lowest BCUT2D eigenvalue weighted by Crippen LogP contribution is -2.05. The minimum Gasteiger partial charge on any atom is -0.361 e. The molecule has 2 heterocycles. The molecule has 128 valence electrons. The van der Waals surface area contributed by atoms with Crippen LogP contribution < -0.4 is 10.6 Å². The highest BCUT2D eigenvalue weighted by molar-refractivity contribution is 5.88. The molecule has 0 saturated heterocycles. The second kappa shape index (κ2) is 6.72. The van der Waals surface area contributed by atoms with Crippen LogP contribution in [0.25, 0.3) is 11.4 Å². The van der Waals surface area contributed by atoms with Gasteiger partial charge in [0, 0.05) is 30.1 Å². The van der Waals surface area contributed by atoms with Crippen molar-refractivity contribution in [3.8, 4) is 11.4 Å². The summed E-state index contributed by atoms with van der Waals surface area (Å²) in [6.45, 7) is 7.10. The Hall–Kier alpha value is -3.22. The van der Waals surface area contributed by atoms with Crippen LogP contribution in [0.2, 0.25) is 0 Å². The lowest BCUT2D eigenvalue weighted by atomic mass is 10.2. The van der Waals surface area contributed by atoms with Gasteiger partial charge in [-0.05, 0) is 45.0 Å². The van der Waals surface area contributed by atoms with Crippen molar-refractivity contribution in [3.05, 3.63) is 47.5 Å². The van der Waals surface area contributed by atoms with Gasteiger partial charge in [-0.15, -0.1) is 0 Å². The maximum atomic E-state index is 11.1. The molecular formula is C18H19N5O2. The Kier molecular flexibility index (Phi) is 4.47. The number of carbonyl (C=O) groups is 1. The number of aryl methyl sites for hydroxylation is 3. The third-order valence-corrected chi connectivity index (χ3v) is 3.59. The van der Waals surface area contributed by atoms with E-state index in [1.807, 2.05) is 51.1 Å². The van der Waals surface area contributed by atoms with Gasteiger partial charge >= 0.3 is 0 Å². The highest BCUT2D eigenvalue weighted by Crippen LogP contribution is 2.26. The topological polar surface area (TPSA) is 92.9 Å². The zero-order chi connectivity index (χ0) is 18.0. The Labute approximate surface area is 145 Å². The van der Waals surface area contributed by atoms with E-state index >= 15 is 0 Å². The first-order valence-corrected chi connectivity index (χ1v) is 7.86. The molecule has 0 unspecified atom stereocenters. The Morgan fingerprint density at radius 3 is 2.32 bits per heavy atom. The molecule has 2 aromatic heterocycles. The highest BCUT2D eigenvalue weighted by atomic mass is 16.5. The molecule has 2 N–H and O–H groups in total. The molecule has 0 radical (unpaired) electrons. The van der Waals surface area contributed by atoms with Gasteiger partial charge < -0.3 is 15.2 Å². The number of amides is 1. The number of carbonyl (C=O) groups excluding carboxylic acids is 1. The molecule has 0 bridgehead atoms. The van der Waals surface area contributed by atoms with Gasteiger partial charge in [-0.1, -0.05) is 5.16 Å². The third kappa shape index (κ3) is 3.82. The van der Waals surface area contributed by atoms with Gasteiger partial charge in [0.05, 0.1) is 11.3 Å². The Bertz CT molecular complexity index is 896. The Morgan fingerprint density at radius 2 is 1.72 bits per heavy atom. The lowest BCUT2D eigenvalue weighted by molar-refractivity contribution is -0.114. The van der Waals surface area contributed by atoms with Crippen molar-refractivity contribution >= 4 is 23.1 Å². The van der Waals surface area contributed by atoms with E-state index in [0.29, 0.717) is 17.4 Å². The summed E-state index contributed by atoms with van der Waals surface area (Å²) in [5, 5.41) is 9.95. The summed E-state index contributed by atoms with van der Waals surface area (Å²) in [4.78, 5) is 20.1. The van der Waals surface area contributed by atoms with E-state index in [4.69, 9.17) is 4.52 Å². The van der Waals surface area contributed by atoms with Crippen molar-refractivity contribution < 1.29 is 9.32 Å². The van der Waals surface area contributed by atoms with E-state index in [9.17, 15) is 4.79 Å². The molecule has 1 amide bonds. The van der Waals surface area contributed by atoms with E-state index in [1.54, 1.807) is 0 Å². The summed E-state index contributed by atoms with van der Waals surface area (Å²) in [5.74, 6) is 1.84. The zero-order valence-corrected chi connectivity index (χ0v) is 14.5. The van der Waals surface area contributed by atoms with Crippen LogP contribution in [0.4, 0.5) is 17.2 Å². The normalized spacial score (nSPS) is 10.6. The first kappa shape index (κ1) is 16.6. The summed E-state index contributed by atoms with van der Waals surface area (Å²) >= 11 is 0. The van der Waals surface area contributed by atoms with Crippen molar-refractivity contribution in [2.75, 3.05) is 10.6 Å². The molecule has 7 heteroatoms. The second-order valence-electron chi connectivity index (χ2n) is 5.80. The van der Waals surface area contributed by atoms with Crippen LogP contribution in [0.3, 0.4) is 0 Å². The van der Waals surface area contributed by atoms with Gasteiger partial charge in [-0.2, -0.15) is 0 Å². The number of nitrogens with zero attached hydrogens (tertiary/aromatic N) is 3. The molecule has 7 nitrogen and oxygen atoms in total. The number of hydrogen-bond donors (Lipinski definition) is 2. The van der Waals surface area contributed by atoms with Crippen LogP contribution in [0.15, 0.2) is 34.9 Å². The monoisotopic (exact) mass is 337 g/mol. The van der Waals surface area contributed by atoms with Crippen molar-refractivity contribution in [2.45, 2.75) is 27.7 Å². The molecule has 0 atom stereocenters. The predicted molar refractivity (Wildman–Crippen MR) is 95.8 cm³/mol. The standard InChI is InChI=1S/C18H19N5O2/c1-10-9-16(21-15-7-5-14(6-8-15)20-13(4)24)22-18(19-10)17-11(2)23-25-12(17)3/h5-9H,1-4H3,(H,20,24)(H,19,21,22). The molecule has 3 aromatic rings. The van der Waals surface area contributed by atoms with Gasteiger partial charge in [0.2, 0.25) is 5.91 Å². The van der Waals surface area contributed by atoms with Crippen molar-refractivity contribution in [1.82, 2.24) is 15.1 Å². The summed E-state index contributed by atoms with van der Waals surface area (Å²) in [7, 11) is 0. The van der Waals surface area contributed by atoms with Crippen molar-refractivity contribution in [3.63, 3.8) is 0 Å². The van der Waals surface area contributed by atoms with Crippen LogP contribution in [0.1, 0.15) is 24.1 Å². The van der Waals surface area contributed by atoms with Crippen LogP contribution in [-0.4, -0.2) is 21.0 Å². The van der Waals surface area contributed by atoms with Gasteiger partial charge in [-0.25, -0.2) is 9.97 Å². The fourth-order valence-electron chi connectivity index (χ4n) is 2.53. The number of aromatic nitrogens is 3. The SMILES string of the molecule is CC(=O)Nc1ccc(Nc2cc(C)nc(-c3c(C)noc3C)n2)cc1. The largest absolute Gasteiger partial charge is 0.361 e. The second-order valence-corrected chi connectivity index (χ2v) is 5.80. The summed E-state index contributed by atoms with van der Waals surface area (Å²) < 4.78 is 5.21. The van der Waals surface area contributed by atoms with Crippen molar-refractivity contribution in [1.29, 1.82) is 0 Å². The van der Waals surface area contributed by atoms with Crippen LogP contribution >= 0.6 is 0 Å². The first-order valence-electron chi connectivity index (χ1n) is 7.86. The summed E-state index contributed by atoms with van der Waals surface area (Å²) in [5.41, 5.74) is 4.01. The molecule has 0 saturated carbocycles. The maximum Gasteiger partial charge on any atom is 0.221 e. The van der Waals surface area contributed by atoms with Gasteiger partial charge in [0.25, 0.3) is 0 Å². The van der Waals surface area contributed by atoms with Crippen LogP contribution in [0.5, 0.6) is 0 Å². The van der Waals surface area contributed by atoms with E-state index < -0.39 is 0 Å². The smallest absolute Gasteiger partial charge is 0.221 e. The number of anilines is 3. The number of nitrogens with one attached hydrogen (secondary N) is 2. The molecule has 25 heavy (non-hydrogen) atoms. The predicted octanol–water partition coefficient (Wildman–Crippen LogP) is 3.76. The summed E-state index contributed by atoms with van der Waals surface area (Å²) in [6, 6.07) is 9.26. The first-order chi connectivity index (χ1) is 11.9. The van der Waals surface area contributed by atoms with Crippen molar-refractivity contribution in [2.24, 2.45) is 0 Å². The molecule has 0 spiro atoms. The molecule has 3 rings (SSSR count). The van der Waals surface area contributed by atoms with Gasteiger partial charge in [0.1, 0.15) is 11.6 Å². The Balaban J connectivity index is 1.87. The van der Waals surface area contributed by atoms with Crippen LogP contribution in [0, 0.1) is 20.8 Å². The highest BCUT2D eigenvalue weighted by Gasteiger charge is 2.15. The minimum atomic E-state index is -0.101. The number of benzene rings is 1. The zero-order valence-electron chi connectivity index (χ0n) is 14.5. The lowest BCUT2D eigenvalue weighted by Gasteiger charge is -2.09. The van der Waals surface area contributed by atoms with Gasteiger partial charge in [0.15, 0.2) is 5.82 Å². The van der Waals surface area contributed by atoms with E-state index in [2.05, 4.69) is 25.8 Å². The molecule has 0 aliphatic carbocycles. The van der Waals surface area contributed by atoms with Crippen LogP contribution in [-0.2, 0) is 4.79 Å². The molecule has 0 aliphatic heterocycles. The summed E-state index contributed by atoms with van der Waals surface area (Å²) in [6.07, 6.45) is 0. The average Bonchev–Trinajstić information content (AvgIpc) is 2.87.